The molecule has 0 spiro atoms. The van der Waals surface area contributed by atoms with Crippen molar-refractivity contribution in [3.8, 4) is 0 Å². The molecule has 0 aliphatic carbocycles. The second-order valence-corrected chi connectivity index (χ2v) is 6.67. The zero-order valence-corrected chi connectivity index (χ0v) is 15.7. The Balaban J connectivity index is 2.01. The van der Waals surface area contributed by atoms with Crippen LogP contribution in [-0.4, -0.2) is 40.8 Å². The molecule has 0 atom stereocenters. The van der Waals surface area contributed by atoms with Gasteiger partial charge in [0.2, 0.25) is 0 Å². The van der Waals surface area contributed by atoms with E-state index in [9.17, 15) is 9.59 Å². The van der Waals surface area contributed by atoms with Gasteiger partial charge < -0.3 is 15.0 Å². The van der Waals surface area contributed by atoms with Crippen molar-refractivity contribution in [3.63, 3.8) is 0 Å². The number of esters is 1. The molecule has 1 aromatic carbocycles. The molecule has 0 unspecified atom stereocenters. The maximum Gasteiger partial charge on any atom is 0.343 e. The number of benzene rings is 1. The van der Waals surface area contributed by atoms with Crippen LogP contribution in [0.5, 0.6) is 0 Å². The van der Waals surface area contributed by atoms with E-state index in [-0.39, 0.29) is 18.6 Å². The molecule has 134 valence electrons. The third-order valence-corrected chi connectivity index (χ3v) is 4.72. The monoisotopic (exact) mass is 361 g/mol. The van der Waals surface area contributed by atoms with Gasteiger partial charge in [0.25, 0.3) is 5.91 Å². The summed E-state index contributed by atoms with van der Waals surface area (Å²) in [6.07, 6.45) is 0. The number of hydrogen-bond donors (Lipinski definition) is 1. The lowest BCUT2D eigenvalue weighted by molar-refractivity contribution is -0.136. The summed E-state index contributed by atoms with van der Waals surface area (Å²) in [6, 6.07) is 9.74. The lowest BCUT2D eigenvalue weighted by Crippen LogP contribution is -2.39. The predicted octanol–water partition coefficient (Wildman–Crippen LogP) is 3.09. The molecule has 0 bridgehead atoms. The molecule has 0 aliphatic heterocycles. The van der Waals surface area contributed by atoms with Gasteiger partial charge in [0.05, 0.1) is 5.69 Å². The number of rotatable bonds is 7. The molecule has 2 aromatic rings. The Kier molecular flexibility index (Phi) is 6.52. The van der Waals surface area contributed by atoms with Gasteiger partial charge in [-0.3, -0.25) is 4.79 Å². The van der Waals surface area contributed by atoms with E-state index in [1.807, 2.05) is 44.2 Å². The van der Waals surface area contributed by atoms with Gasteiger partial charge in [-0.25, -0.2) is 4.79 Å². The van der Waals surface area contributed by atoms with E-state index < -0.39 is 5.97 Å². The van der Waals surface area contributed by atoms with Crippen LogP contribution in [0.1, 0.15) is 35.5 Å². The van der Waals surface area contributed by atoms with Gasteiger partial charge in [-0.05, 0) is 37.9 Å². The number of nitrogens with zero attached hydrogens (tertiary/aromatic N) is 2. The number of aromatic nitrogens is 1. The number of nitrogens with one attached hydrogen (secondary N) is 1. The molecule has 1 aromatic heterocycles. The highest BCUT2D eigenvalue weighted by atomic mass is 32.1. The lowest BCUT2D eigenvalue weighted by Gasteiger charge is -2.26. The Hall–Kier alpha value is -2.41. The smallest absolute Gasteiger partial charge is 0.343 e. The van der Waals surface area contributed by atoms with Gasteiger partial charge in [0.15, 0.2) is 6.61 Å². The maximum absolute atomic E-state index is 12.5. The molecular weight excluding hydrogens is 338 g/mol. The van der Waals surface area contributed by atoms with E-state index in [0.29, 0.717) is 22.8 Å². The summed E-state index contributed by atoms with van der Waals surface area (Å²) in [4.78, 5) is 26.5. The second kappa shape index (κ2) is 8.62. The number of aryl methyl sites for hydroxylation is 1. The zero-order chi connectivity index (χ0) is 18.4. The largest absolute Gasteiger partial charge is 0.452 e. The number of hydrogen-bond acceptors (Lipinski definition) is 6. The Bertz CT molecular complexity index is 728. The fourth-order valence-corrected chi connectivity index (χ4v) is 3.14. The highest BCUT2D eigenvalue weighted by molar-refractivity contribution is 7.10. The van der Waals surface area contributed by atoms with Crippen LogP contribution in [0.3, 0.4) is 0 Å². The zero-order valence-electron chi connectivity index (χ0n) is 14.9. The van der Waals surface area contributed by atoms with Gasteiger partial charge in [-0.1, -0.05) is 30.3 Å². The van der Waals surface area contributed by atoms with Crippen molar-refractivity contribution in [2.75, 3.05) is 19.0 Å². The van der Waals surface area contributed by atoms with Crippen molar-refractivity contribution in [3.05, 3.63) is 47.2 Å². The summed E-state index contributed by atoms with van der Waals surface area (Å²) < 4.78 is 9.37. The van der Waals surface area contributed by atoms with Crippen molar-refractivity contribution in [1.29, 1.82) is 0 Å². The van der Waals surface area contributed by atoms with Gasteiger partial charge in [0.1, 0.15) is 10.6 Å². The van der Waals surface area contributed by atoms with Gasteiger partial charge in [0, 0.05) is 19.6 Å². The van der Waals surface area contributed by atoms with E-state index in [1.54, 1.807) is 18.9 Å². The molecule has 2 rings (SSSR count). The summed E-state index contributed by atoms with van der Waals surface area (Å²) in [6.45, 7) is 5.81. The normalized spacial score (nSPS) is 10.6. The highest BCUT2D eigenvalue weighted by Crippen LogP contribution is 2.24. The van der Waals surface area contributed by atoms with Crippen LogP contribution in [0.15, 0.2) is 30.3 Å². The first-order valence-electron chi connectivity index (χ1n) is 8.08. The summed E-state index contributed by atoms with van der Waals surface area (Å²) in [7, 11) is 1.72. The maximum atomic E-state index is 12.5. The minimum Gasteiger partial charge on any atom is -0.452 e. The molecule has 1 N–H and O–H groups in total. The van der Waals surface area contributed by atoms with E-state index in [1.165, 1.54) is 11.5 Å². The van der Waals surface area contributed by atoms with E-state index in [2.05, 4.69) is 9.69 Å². The summed E-state index contributed by atoms with van der Waals surface area (Å²) >= 11 is 1.19. The first kappa shape index (κ1) is 18.9. The molecule has 0 aliphatic rings. The molecular formula is C18H23N3O3S. The molecule has 1 heterocycles. The number of ether oxygens (including phenoxy) is 1. The van der Waals surface area contributed by atoms with Crippen molar-refractivity contribution in [2.24, 2.45) is 0 Å². The molecule has 0 saturated heterocycles. The first-order valence-corrected chi connectivity index (χ1v) is 8.86. The Morgan fingerprint density at radius 1 is 1.28 bits per heavy atom. The third-order valence-electron chi connectivity index (χ3n) is 3.76. The number of amides is 1. The predicted molar refractivity (Wildman–Crippen MR) is 98.8 cm³/mol. The summed E-state index contributed by atoms with van der Waals surface area (Å²) in [5, 5.41) is 3.56. The van der Waals surface area contributed by atoms with Crippen molar-refractivity contribution < 1.29 is 14.3 Å². The minimum absolute atomic E-state index is 0.00354. The second-order valence-electron chi connectivity index (χ2n) is 5.90. The molecule has 25 heavy (non-hydrogen) atoms. The van der Waals surface area contributed by atoms with Crippen molar-refractivity contribution >= 4 is 28.4 Å². The van der Waals surface area contributed by atoms with Crippen molar-refractivity contribution in [2.45, 2.75) is 33.4 Å². The average molecular weight is 361 g/mol. The number of carbonyl (C=O) groups excluding carboxylic acids is 2. The minimum atomic E-state index is -0.535. The summed E-state index contributed by atoms with van der Waals surface area (Å²) in [5.74, 6) is -0.758. The van der Waals surface area contributed by atoms with Crippen LogP contribution in [0, 0.1) is 6.92 Å². The van der Waals surface area contributed by atoms with Crippen LogP contribution in [0.25, 0.3) is 0 Å². The fourth-order valence-electron chi connectivity index (χ4n) is 2.40. The SMILES string of the molecule is CNc1snc(C)c1C(=O)OCC(=O)N(Cc1ccccc1)C(C)C. The van der Waals surface area contributed by atoms with E-state index in [0.717, 1.165) is 5.56 Å². The van der Waals surface area contributed by atoms with Crippen LogP contribution in [0.2, 0.25) is 0 Å². The molecule has 6 nitrogen and oxygen atoms in total. The van der Waals surface area contributed by atoms with Crippen molar-refractivity contribution in [1.82, 2.24) is 9.27 Å². The van der Waals surface area contributed by atoms with E-state index >= 15 is 0 Å². The standard InChI is InChI=1S/C18H23N3O3S/c1-12(2)21(10-14-8-6-5-7-9-14)15(22)11-24-18(23)16-13(3)20-25-17(16)19-4/h5-9,12,19H,10-11H2,1-4H3. The quantitative estimate of drug-likeness (QED) is 0.768. The Morgan fingerprint density at radius 3 is 2.56 bits per heavy atom. The molecule has 0 fully saturated rings. The molecule has 1 amide bonds. The number of carbonyl (C=O) groups is 2. The summed E-state index contributed by atoms with van der Waals surface area (Å²) in [5.41, 5.74) is 2.02. The third kappa shape index (κ3) is 4.79. The first-order chi connectivity index (χ1) is 11.9. The van der Waals surface area contributed by atoms with E-state index in [4.69, 9.17) is 4.74 Å². The highest BCUT2D eigenvalue weighted by Gasteiger charge is 2.23. The van der Waals surface area contributed by atoms with Crippen LogP contribution in [0.4, 0.5) is 5.00 Å². The van der Waals surface area contributed by atoms with Crippen LogP contribution >= 0.6 is 11.5 Å². The van der Waals surface area contributed by atoms with Gasteiger partial charge >= 0.3 is 5.97 Å². The average Bonchev–Trinajstić information content (AvgIpc) is 2.98. The lowest BCUT2D eigenvalue weighted by atomic mass is 10.2. The molecule has 0 saturated carbocycles. The van der Waals surface area contributed by atoms with Crippen LogP contribution in [-0.2, 0) is 16.1 Å². The molecule has 0 radical (unpaired) electrons. The topological polar surface area (TPSA) is 71.5 Å². The number of anilines is 1. The molecule has 7 heteroatoms. The fraction of sp³-hybridized carbons (Fsp3) is 0.389. The Morgan fingerprint density at radius 2 is 1.96 bits per heavy atom. The van der Waals surface area contributed by atoms with Gasteiger partial charge in [-0.15, -0.1) is 0 Å². The van der Waals surface area contributed by atoms with Crippen LogP contribution < -0.4 is 5.32 Å². The van der Waals surface area contributed by atoms with Gasteiger partial charge in [-0.2, -0.15) is 4.37 Å². The Labute approximate surface area is 152 Å².